The van der Waals surface area contributed by atoms with Crippen LogP contribution in [0, 0.1) is 5.41 Å². The highest BCUT2D eigenvalue weighted by Crippen LogP contribution is 2.53. The summed E-state index contributed by atoms with van der Waals surface area (Å²) in [6.07, 6.45) is 7.27. The summed E-state index contributed by atoms with van der Waals surface area (Å²) in [5, 5.41) is 0. The van der Waals surface area contributed by atoms with Crippen LogP contribution in [0.25, 0.3) is 5.76 Å². The second-order valence-electron chi connectivity index (χ2n) is 7.39. The van der Waals surface area contributed by atoms with Crippen LogP contribution in [0.3, 0.4) is 0 Å². The van der Waals surface area contributed by atoms with E-state index in [2.05, 4.69) is 34.1 Å². The summed E-state index contributed by atoms with van der Waals surface area (Å²) in [7, 11) is 1.64. The van der Waals surface area contributed by atoms with Gasteiger partial charge in [-0.05, 0) is 60.9 Å². The van der Waals surface area contributed by atoms with Crippen LogP contribution in [0.15, 0.2) is 59.1 Å². The Labute approximate surface area is 168 Å². The van der Waals surface area contributed by atoms with Crippen molar-refractivity contribution in [3.63, 3.8) is 0 Å². The van der Waals surface area contributed by atoms with Gasteiger partial charge in [-0.1, -0.05) is 47.3 Å². The number of carbonyl (C=O) groups is 1. The van der Waals surface area contributed by atoms with Gasteiger partial charge >= 0.3 is 5.97 Å². The molecule has 140 valence electrons. The first kappa shape index (κ1) is 18.3. The molecule has 0 aromatic heterocycles. The first-order chi connectivity index (χ1) is 13.1. The van der Waals surface area contributed by atoms with E-state index in [1.807, 2.05) is 36.4 Å². The van der Waals surface area contributed by atoms with Gasteiger partial charge < -0.3 is 9.47 Å². The van der Waals surface area contributed by atoms with E-state index >= 15 is 0 Å². The second-order valence-corrected chi connectivity index (χ2v) is 8.31. The van der Waals surface area contributed by atoms with Crippen molar-refractivity contribution >= 4 is 27.7 Å². The predicted molar refractivity (Wildman–Crippen MR) is 109 cm³/mol. The molecule has 3 nitrogen and oxygen atoms in total. The molecule has 1 saturated carbocycles. The number of hydrogen-bond acceptors (Lipinski definition) is 3. The maximum Gasteiger partial charge on any atom is 0.318 e. The molecule has 1 fully saturated rings. The lowest BCUT2D eigenvalue weighted by molar-refractivity contribution is -0.153. The standard InChI is InChI=1S/C23H23BrO3/c1-26-19-11-7-17(8-12-19)21-15-20(16-5-9-18(24)10-6-16)23(22(25)27-21)13-3-2-4-14-23/h5-12,15,20H,2-4,13-14H2,1H3. The number of ether oxygens (including phenoxy) is 2. The Bertz CT molecular complexity index is 846. The summed E-state index contributed by atoms with van der Waals surface area (Å²) in [6, 6.07) is 16.0. The van der Waals surface area contributed by atoms with Gasteiger partial charge in [0.25, 0.3) is 0 Å². The van der Waals surface area contributed by atoms with Crippen molar-refractivity contribution < 1.29 is 14.3 Å². The average Bonchev–Trinajstić information content (AvgIpc) is 2.72. The van der Waals surface area contributed by atoms with Crippen molar-refractivity contribution in [2.24, 2.45) is 5.41 Å². The number of esters is 1. The van der Waals surface area contributed by atoms with E-state index in [9.17, 15) is 4.79 Å². The molecule has 0 N–H and O–H groups in total. The topological polar surface area (TPSA) is 35.5 Å². The Morgan fingerprint density at radius 3 is 2.30 bits per heavy atom. The minimum absolute atomic E-state index is 0.0317. The summed E-state index contributed by atoms with van der Waals surface area (Å²) >= 11 is 3.51. The highest BCUT2D eigenvalue weighted by molar-refractivity contribution is 9.10. The average molecular weight is 427 g/mol. The molecule has 1 heterocycles. The molecule has 1 aliphatic heterocycles. The summed E-state index contributed by atoms with van der Waals surface area (Å²) in [5.41, 5.74) is 1.63. The smallest absolute Gasteiger partial charge is 0.318 e. The van der Waals surface area contributed by atoms with Gasteiger partial charge in [0.2, 0.25) is 0 Å². The summed E-state index contributed by atoms with van der Waals surface area (Å²) in [4.78, 5) is 13.2. The number of hydrogen-bond donors (Lipinski definition) is 0. The highest BCUT2D eigenvalue weighted by Gasteiger charge is 2.50. The van der Waals surface area contributed by atoms with Gasteiger partial charge in [-0.3, -0.25) is 4.79 Å². The van der Waals surface area contributed by atoms with E-state index in [0.29, 0.717) is 5.76 Å². The van der Waals surface area contributed by atoms with Gasteiger partial charge in [0.1, 0.15) is 11.5 Å². The number of rotatable bonds is 3. The molecule has 0 saturated heterocycles. The molecular formula is C23H23BrO3. The third-order valence-corrected chi connectivity index (χ3v) is 6.40. The van der Waals surface area contributed by atoms with Crippen LogP contribution >= 0.6 is 15.9 Å². The molecule has 1 unspecified atom stereocenters. The number of cyclic esters (lactones) is 1. The molecule has 1 spiro atoms. The monoisotopic (exact) mass is 426 g/mol. The van der Waals surface area contributed by atoms with E-state index in [0.717, 1.165) is 41.5 Å². The highest BCUT2D eigenvalue weighted by atomic mass is 79.9. The number of benzene rings is 2. The molecule has 0 radical (unpaired) electrons. The van der Waals surface area contributed by atoms with E-state index in [4.69, 9.17) is 9.47 Å². The molecule has 4 heteroatoms. The van der Waals surface area contributed by atoms with E-state index in [1.54, 1.807) is 7.11 Å². The Kier molecular flexibility index (Phi) is 5.09. The van der Waals surface area contributed by atoms with E-state index in [1.165, 1.54) is 12.0 Å². The van der Waals surface area contributed by atoms with E-state index < -0.39 is 5.41 Å². The summed E-state index contributed by atoms with van der Waals surface area (Å²) in [6.45, 7) is 0. The van der Waals surface area contributed by atoms with Crippen molar-refractivity contribution in [3.8, 4) is 5.75 Å². The maximum atomic E-state index is 13.2. The predicted octanol–water partition coefficient (Wildman–Crippen LogP) is 6.09. The number of halogens is 1. The van der Waals surface area contributed by atoms with Crippen LogP contribution in [0.5, 0.6) is 5.75 Å². The largest absolute Gasteiger partial charge is 0.497 e. The van der Waals surface area contributed by atoms with Crippen molar-refractivity contribution in [1.82, 2.24) is 0 Å². The maximum absolute atomic E-state index is 13.2. The minimum atomic E-state index is -0.442. The molecule has 1 atom stereocenters. The van der Waals surface area contributed by atoms with Crippen LogP contribution in [-0.4, -0.2) is 13.1 Å². The van der Waals surface area contributed by atoms with Gasteiger partial charge in [-0.15, -0.1) is 0 Å². The molecule has 2 aliphatic rings. The third-order valence-electron chi connectivity index (χ3n) is 5.87. The lowest BCUT2D eigenvalue weighted by Gasteiger charge is -2.43. The zero-order chi connectivity index (χ0) is 18.9. The zero-order valence-electron chi connectivity index (χ0n) is 15.4. The minimum Gasteiger partial charge on any atom is -0.497 e. The van der Waals surface area contributed by atoms with Crippen LogP contribution < -0.4 is 4.74 Å². The third kappa shape index (κ3) is 3.43. The van der Waals surface area contributed by atoms with Crippen LogP contribution in [0.1, 0.15) is 49.1 Å². The van der Waals surface area contributed by atoms with E-state index in [-0.39, 0.29) is 11.9 Å². The SMILES string of the molecule is COc1ccc(C2=CC(c3ccc(Br)cc3)C3(CCCCC3)C(=O)O2)cc1. The zero-order valence-corrected chi connectivity index (χ0v) is 17.0. The van der Waals surface area contributed by atoms with Gasteiger partial charge in [-0.25, -0.2) is 0 Å². The molecule has 4 rings (SSSR count). The normalized spacial score (nSPS) is 21.5. The molecule has 0 amide bonds. The Morgan fingerprint density at radius 2 is 1.67 bits per heavy atom. The van der Waals surface area contributed by atoms with Crippen molar-refractivity contribution in [2.75, 3.05) is 7.11 Å². The molecule has 1 aliphatic carbocycles. The summed E-state index contributed by atoms with van der Waals surface area (Å²) < 4.78 is 12.2. The Balaban J connectivity index is 1.78. The van der Waals surface area contributed by atoms with Gasteiger partial charge in [-0.2, -0.15) is 0 Å². The van der Waals surface area contributed by atoms with Gasteiger partial charge in [0, 0.05) is 16.0 Å². The lowest BCUT2D eigenvalue weighted by Crippen LogP contribution is -2.42. The lowest BCUT2D eigenvalue weighted by atomic mass is 9.62. The fourth-order valence-electron chi connectivity index (χ4n) is 4.37. The number of methoxy groups -OCH3 is 1. The fourth-order valence-corrected chi connectivity index (χ4v) is 4.63. The number of carbonyl (C=O) groups excluding carboxylic acids is 1. The van der Waals surface area contributed by atoms with Crippen molar-refractivity contribution in [2.45, 2.75) is 38.0 Å². The fraction of sp³-hybridized carbons (Fsp3) is 0.348. The Morgan fingerprint density at radius 1 is 1.00 bits per heavy atom. The molecular weight excluding hydrogens is 404 g/mol. The molecule has 2 aromatic rings. The van der Waals surface area contributed by atoms with Crippen LogP contribution in [-0.2, 0) is 9.53 Å². The number of allylic oxidation sites excluding steroid dienone is 1. The van der Waals surface area contributed by atoms with Crippen LogP contribution in [0.2, 0.25) is 0 Å². The van der Waals surface area contributed by atoms with Gasteiger partial charge in [0.05, 0.1) is 12.5 Å². The summed E-state index contributed by atoms with van der Waals surface area (Å²) in [5.74, 6) is 1.38. The molecule has 27 heavy (non-hydrogen) atoms. The second kappa shape index (κ2) is 7.51. The first-order valence-electron chi connectivity index (χ1n) is 9.46. The molecule has 0 bridgehead atoms. The van der Waals surface area contributed by atoms with Crippen molar-refractivity contribution in [1.29, 1.82) is 0 Å². The Hall–Kier alpha value is -2.07. The quantitative estimate of drug-likeness (QED) is 0.556. The van der Waals surface area contributed by atoms with Crippen LogP contribution in [0.4, 0.5) is 0 Å². The van der Waals surface area contributed by atoms with Gasteiger partial charge in [0.15, 0.2) is 0 Å². The molecule has 2 aromatic carbocycles. The van der Waals surface area contributed by atoms with Crippen molar-refractivity contribution in [3.05, 3.63) is 70.2 Å². The first-order valence-corrected chi connectivity index (χ1v) is 10.3.